The van der Waals surface area contributed by atoms with Gasteiger partial charge in [-0.2, -0.15) is 0 Å². The second kappa shape index (κ2) is 8.99. The van der Waals surface area contributed by atoms with Crippen LogP contribution in [0, 0.1) is 5.82 Å². The number of hydrogen-bond donors (Lipinski definition) is 1. The molecule has 146 valence electrons. The molecular formula is C20H25FN2O3S. The number of nitrogens with zero attached hydrogens (tertiary/aromatic N) is 1. The van der Waals surface area contributed by atoms with Gasteiger partial charge in [0.2, 0.25) is 10.0 Å². The number of anilines is 1. The molecule has 0 spiro atoms. The van der Waals surface area contributed by atoms with Crippen molar-refractivity contribution in [1.29, 1.82) is 0 Å². The van der Waals surface area contributed by atoms with Gasteiger partial charge in [-0.3, -0.25) is 9.10 Å². The topological polar surface area (TPSA) is 66.5 Å². The van der Waals surface area contributed by atoms with Gasteiger partial charge in [0.1, 0.15) is 5.82 Å². The van der Waals surface area contributed by atoms with Crippen LogP contribution in [0.1, 0.15) is 42.6 Å². The van der Waals surface area contributed by atoms with Gasteiger partial charge in [0, 0.05) is 17.2 Å². The van der Waals surface area contributed by atoms with Crippen LogP contribution in [0.4, 0.5) is 10.1 Å². The van der Waals surface area contributed by atoms with Gasteiger partial charge in [0.25, 0.3) is 5.91 Å². The first-order valence-corrected chi connectivity index (χ1v) is 10.7. The van der Waals surface area contributed by atoms with Gasteiger partial charge < -0.3 is 5.32 Å². The van der Waals surface area contributed by atoms with E-state index in [4.69, 9.17) is 0 Å². The molecule has 0 unspecified atom stereocenters. The number of benzene rings is 2. The van der Waals surface area contributed by atoms with E-state index in [1.165, 1.54) is 6.07 Å². The van der Waals surface area contributed by atoms with Crippen molar-refractivity contribution in [3.63, 3.8) is 0 Å². The highest BCUT2D eigenvalue weighted by Gasteiger charge is 2.20. The molecule has 0 bridgehead atoms. The predicted molar refractivity (Wildman–Crippen MR) is 106 cm³/mol. The highest BCUT2D eigenvalue weighted by Crippen LogP contribution is 2.22. The molecule has 0 saturated carbocycles. The Kier molecular flexibility index (Phi) is 6.96. The minimum atomic E-state index is -3.63. The molecule has 2 aromatic rings. The van der Waals surface area contributed by atoms with Crippen molar-refractivity contribution in [3.05, 3.63) is 65.5 Å². The van der Waals surface area contributed by atoms with Crippen molar-refractivity contribution in [2.75, 3.05) is 10.6 Å². The average Bonchev–Trinajstić information content (AvgIpc) is 2.60. The van der Waals surface area contributed by atoms with Crippen LogP contribution in [0.3, 0.4) is 0 Å². The fraction of sp³-hybridized carbons (Fsp3) is 0.350. The third-order valence-corrected chi connectivity index (χ3v) is 5.33. The van der Waals surface area contributed by atoms with E-state index < -0.39 is 15.8 Å². The van der Waals surface area contributed by atoms with Crippen LogP contribution >= 0.6 is 0 Å². The van der Waals surface area contributed by atoms with Crippen molar-refractivity contribution >= 4 is 21.6 Å². The zero-order chi connectivity index (χ0) is 20.0. The molecule has 1 atom stereocenters. The second-order valence-corrected chi connectivity index (χ2v) is 8.48. The summed E-state index contributed by atoms with van der Waals surface area (Å²) in [7, 11) is -3.63. The van der Waals surface area contributed by atoms with Crippen LogP contribution in [0.15, 0.2) is 48.5 Å². The quantitative estimate of drug-likeness (QED) is 0.745. The molecule has 1 N–H and O–H groups in total. The van der Waals surface area contributed by atoms with Gasteiger partial charge in [-0.1, -0.05) is 31.5 Å². The fourth-order valence-electron chi connectivity index (χ4n) is 2.77. The SMILES string of the molecule is CCC[C@H](C)NC(=O)c1ccc(N(Cc2ccccc2F)S(C)(=O)=O)cc1. The Morgan fingerprint density at radius 3 is 2.33 bits per heavy atom. The fourth-order valence-corrected chi connectivity index (χ4v) is 3.65. The monoisotopic (exact) mass is 392 g/mol. The molecule has 0 fully saturated rings. The molecule has 2 rings (SSSR count). The van der Waals surface area contributed by atoms with E-state index in [9.17, 15) is 17.6 Å². The lowest BCUT2D eigenvalue weighted by Gasteiger charge is -2.23. The summed E-state index contributed by atoms with van der Waals surface area (Å²) in [5.41, 5.74) is 1.10. The summed E-state index contributed by atoms with van der Waals surface area (Å²) in [6, 6.07) is 12.4. The summed E-state index contributed by atoms with van der Waals surface area (Å²) >= 11 is 0. The van der Waals surface area contributed by atoms with Gasteiger partial charge in [-0.05, 0) is 43.7 Å². The molecule has 0 radical (unpaired) electrons. The molecule has 5 nitrogen and oxygen atoms in total. The van der Waals surface area contributed by atoms with Crippen LogP contribution in [0.25, 0.3) is 0 Å². The number of nitrogens with one attached hydrogen (secondary N) is 1. The first-order valence-electron chi connectivity index (χ1n) is 8.84. The highest BCUT2D eigenvalue weighted by molar-refractivity contribution is 7.92. The first kappa shape index (κ1) is 20.9. The standard InChI is InChI=1S/C20H25FN2O3S/c1-4-7-15(2)22-20(24)16-10-12-18(13-11-16)23(27(3,25)26)14-17-8-5-6-9-19(17)21/h5-6,8-13,15H,4,7,14H2,1-3H3,(H,22,24)/t15-/m0/s1. The van der Waals surface area contributed by atoms with Crippen molar-refractivity contribution in [1.82, 2.24) is 5.32 Å². The summed E-state index contributed by atoms with van der Waals surface area (Å²) in [5.74, 6) is -0.672. The van der Waals surface area contributed by atoms with Crippen LogP contribution in [0.2, 0.25) is 0 Å². The van der Waals surface area contributed by atoms with E-state index in [1.54, 1.807) is 42.5 Å². The molecule has 27 heavy (non-hydrogen) atoms. The Hall–Kier alpha value is -2.41. The minimum Gasteiger partial charge on any atom is -0.350 e. The maximum absolute atomic E-state index is 13.9. The zero-order valence-corrected chi connectivity index (χ0v) is 16.6. The molecule has 2 aromatic carbocycles. The summed E-state index contributed by atoms with van der Waals surface area (Å²) in [6.45, 7) is 3.87. The van der Waals surface area contributed by atoms with Gasteiger partial charge in [0.15, 0.2) is 0 Å². The highest BCUT2D eigenvalue weighted by atomic mass is 32.2. The number of amides is 1. The second-order valence-electron chi connectivity index (χ2n) is 6.57. The van der Waals surface area contributed by atoms with Gasteiger partial charge in [0.05, 0.1) is 18.5 Å². The predicted octanol–water partition coefficient (Wildman–Crippen LogP) is 3.71. The Morgan fingerprint density at radius 1 is 1.15 bits per heavy atom. The number of hydrogen-bond acceptors (Lipinski definition) is 3. The van der Waals surface area contributed by atoms with Crippen LogP contribution in [0.5, 0.6) is 0 Å². The van der Waals surface area contributed by atoms with Crippen molar-refractivity contribution < 1.29 is 17.6 Å². The van der Waals surface area contributed by atoms with Crippen LogP contribution in [-0.2, 0) is 16.6 Å². The number of rotatable bonds is 8. The lowest BCUT2D eigenvalue weighted by Crippen LogP contribution is -2.32. The average molecular weight is 392 g/mol. The zero-order valence-electron chi connectivity index (χ0n) is 15.8. The van der Waals surface area contributed by atoms with E-state index >= 15 is 0 Å². The lowest BCUT2D eigenvalue weighted by atomic mass is 10.1. The molecular weight excluding hydrogens is 367 g/mol. The number of sulfonamides is 1. The normalized spacial score (nSPS) is 12.4. The van der Waals surface area contributed by atoms with Gasteiger partial charge in [-0.15, -0.1) is 0 Å². The number of carbonyl (C=O) groups excluding carboxylic acids is 1. The van der Waals surface area contributed by atoms with E-state index in [-0.39, 0.29) is 24.1 Å². The molecule has 0 aromatic heterocycles. The van der Waals surface area contributed by atoms with E-state index in [0.29, 0.717) is 11.3 Å². The molecule has 0 saturated heterocycles. The number of halogens is 1. The maximum atomic E-state index is 13.9. The van der Waals surface area contributed by atoms with E-state index in [0.717, 1.165) is 23.4 Å². The smallest absolute Gasteiger partial charge is 0.251 e. The molecule has 0 heterocycles. The third kappa shape index (κ3) is 5.79. The Labute approximate surface area is 160 Å². The Balaban J connectivity index is 2.23. The van der Waals surface area contributed by atoms with Gasteiger partial charge >= 0.3 is 0 Å². The summed E-state index contributed by atoms with van der Waals surface area (Å²) in [5, 5.41) is 2.90. The summed E-state index contributed by atoms with van der Waals surface area (Å²) in [4.78, 5) is 12.3. The maximum Gasteiger partial charge on any atom is 0.251 e. The molecule has 0 aliphatic rings. The van der Waals surface area contributed by atoms with Crippen LogP contribution < -0.4 is 9.62 Å². The largest absolute Gasteiger partial charge is 0.350 e. The Morgan fingerprint density at radius 2 is 1.78 bits per heavy atom. The third-order valence-electron chi connectivity index (χ3n) is 4.19. The molecule has 0 aliphatic carbocycles. The summed E-state index contributed by atoms with van der Waals surface area (Å²) in [6.07, 6.45) is 2.93. The van der Waals surface area contributed by atoms with Crippen LogP contribution in [-0.4, -0.2) is 26.6 Å². The van der Waals surface area contributed by atoms with Crippen molar-refractivity contribution in [2.24, 2.45) is 0 Å². The van der Waals surface area contributed by atoms with Gasteiger partial charge in [-0.25, -0.2) is 12.8 Å². The van der Waals surface area contributed by atoms with Crippen molar-refractivity contribution in [2.45, 2.75) is 39.3 Å². The van der Waals surface area contributed by atoms with E-state index in [2.05, 4.69) is 5.32 Å². The lowest BCUT2D eigenvalue weighted by molar-refractivity contribution is 0.0938. The van der Waals surface area contributed by atoms with Crippen molar-refractivity contribution in [3.8, 4) is 0 Å². The molecule has 7 heteroatoms. The van der Waals surface area contributed by atoms with E-state index in [1.807, 2.05) is 13.8 Å². The minimum absolute atomic E-state index is 0.0655. The first-order chi connectivity index (χ1) is 12.7. The summed E-state index contributed by atoms with van der Waals surface area (Å²) < 4.78 is 39.5. The Bertz CT molecular complexity index is 882. The molecule has 0 aliphatic heterocycles. The number of carbonyl (C=O) groups is 1. The molecule has 1 amide bonds.